The molecule has 0 aliphatic carbocycles. The molecule has 1 aromatic rings. The van der Waals surface area contributed by atoms with Crippen LogP contribution in [0.25, 0.3) is 0 Å². The van der Waals surface area contributed by atoms with Crippen molar-refractivity contribution >= 4 is 0 Å². The molecule has 0 atom stereocenters. The first-order valence-electron chi connectivity index (χ1n) is 4.55. The second-order valence-electron chi connectivity index (χ2n) is 3.97. The minimum atomic E-state index is 0.467. The Morgan fingerprint density at radius 2 is 2.00 bits per heavy atom. The molecule has 68 valence electrons. The fourth-order valence-electron chi connectivity index (χ4n) is 1.10. The van der Waals surface area contributed by atoms with Crippen LogP contribution in [-0.2, 0) is 6.42 Å². The Hall–Kier alpha value is -0.790. The number of nitrogens with zero attached hydrogens (tertiary/aromatic N) is 1. The molecule has 0 aromatic carbocycles. The summed E-state index contributed by atoms with van der Waals surface area (Å²) in [5.74, 6) is 2.11. The maximum Gasteiger partial charge on any atom is 0.137 e. The van der Waals surface area contributed by atoms with Crippen molar-refractivity contribution < 1.29 is 4.52 Å². The Labute approximate surface area is 74.0 Å². The number of rotatable bonds is 3. The molecule has 0 spiro atoms. The molecule has 0 radical (unpaired) electrons. The fourth-order valence-corrected chi connectivity index (χ4v) is 1.10. The summed E-state index contributed by atoms with van der Waals surface area (Å²) >= 11 is 0. The third-order valence-electron chi connectivity index (χ3n) is 1.78. The van der Waals surface area contributed by atoms with Crippen molar-refractivity contribution in [3.63, 3.8) is 0 Å². The van der Waals surface area contributed by atoms with Crippen LogP contribution in [0.4, 0.5) is 0 Å². The molecule has 0 saturated heterocycles. The first kappa shape index (κ1) is 9.30. The molecule has 0 saturated carbocycles. The molecule has 1 rings (SSSR count). The molecule has 0 aliphatic heterocycles. The lowest BCUT2D eigenvalue weighted by molar-refractivity contribution is 0.362. The van der Waals surface area contributed by atoms with E-state index in [1.807, 2.05) is 0 Å². The molecule has 1 heterocycles. The summed E-state index contributed by atoms with van der Waals surface area (Å²) < 4.78 is 5.19. The quantitative estimate of drug-likeness (QED) is 0.691. The van der Waals surface area contributed by atoms with Crippen LogP contribution in [0, 0.1) is 5.92 Å². The van der Waals surface area contributed by atoms with Crippen molar-refractivity contribution in [3.8, 4) is 0 Å². The van der Waals surface area contributed by atoms with E-state index in [0.717, 1.165) is 17.9 Å². The van der Waals surface area contributed by atoms with Gasteiger partial charge in [-0.25, -0.2) is 0 Å². The highest BCUT2D eigenvalue weighted by molar-refractivity contribution is 5.09. The number of hydrogen-bond donors (Lipinski definition) is 0. The summed E-state index contributed by atoms with van der Waals surface area (Å²) in [6, 6.07) is 2.06. The predicted octanol–water partition coefficient (Wildman–Crippen LogP) is 3.00. The average Bonchev–Trinajstić information content (AvgIpc) is 2.34. The van der Waals surface area contributed by atoms with Gasteiger partial charge in [-0.1, -0.05) is 32.9 Å². The van der Waals surface area contributed by atoms with Gasteiger partial charge in [0, 0.05) is 12.5 Å². The maximum absolute atomic E-state index is 5.19. The largest absolute Gasteiger partial charge is 0.361 e. The van der Waals surface area contributed by atoms with Crippen molar-refractivity contribution in [1.29, 1.82) is 0 Å². The van der Waals surface area contributed by atoms with Crippen molar-refractivity contribution in [3.05, 3.63) is 17.5 Å². The third-order valence-corrected chi connectivity index (χ3v) is 1.78. The Bertz CT molecular complexity index is 238. The van der Waals surface area contributed by atoms with Crippen LogP contribution in [0.1, 0.15) is 45.1 Å². The smallest absolute Gasteiger partial charge is 0.137 e. The molecule has 0 amide bonds. The standard InChI is InChI=1S/C10H17NO/c1-7(2)5-9-6-10(8(3)4)11-12-9/h6-8H,5H2,1-4H3. The molecule has 0 bridgehead atoms. The molecule has 0 unspecified atom stereocenters. The van der Waals surface area contributed by atoms with Crippen molar-refractivity contribution in [2.75, 3.05) is 0 Å². The Morgan fingerprint density at radius 3 is 2.42 bits per heavy atom. The first-order chi connectivity index (χ1) is 5.59. The third kappa shape index (κ3) is 2.36. The van der Waals surface area contributed by atoms with Gasteiger partial charge in [-0.15, -0.1) is 0 Å². The van der Waals surface area contributed by atoms with Crippen LogP contribution in [0.2, 0.25) is 0 Å². The molecule has 1 aromatic heterocycles. The molecule has 0 fully saturated rings. The SMILES string of the molecule is CC(C)Cc1cc(C(C)C)no1. The maximum atomic E-state index is 5.19. The van der Waals surface area contributed by atoms with Crippen LogP contribution in [0.15, 0.2) is 10.6 Å². The Morgan fingerprint density at radius 1 is 1.33 bits per heavy atom. The van der Waals surface area contributed by atoms with Gasteiger partial charge in [0.2, 0.25) is 0 Å². The summed E-state index contributed by atoms with van der Waals surface area (Å²) in [5, 5.41) is 3.99. The van der Waals surface area contributed by atoms with Crippen LogP contribution in [-0.4, -0.2) is 5.16 Å². The van der Waals surface area contributed by atoms with Gasteiger partial charge in [-0.2, -0.15) is 0 Å². The number of aromatic nitrogens is 1. The van der Waals surface area contributed by atoms with E-state index in [2.05, 4.69) is 38.9 Å². The van der Waals surface area contributed by atoms with E-state index in [0.29, 0.717) is 11.8 Å². The molecule has 0 N–H and O–H groups in total. The molecule has 2 heteroatoms. The van der Waals surface area contributed by atoms with E-state index in [4.69, 9.17) is 4.52 Å². The normalized spacial score (nSPS) is 11.5. The van der Waals surface area contributed by atoms with E-state index in [1.165, 1.54) is 0 Å². The highest BCUT2D eigenvalue weighted by Gasteiger charge is 2.08. The lowest BCUT2D eigenvalue weighted by atomic mass is 10.1. The summed E-state index contributed by atoms with van der Waals surface area (Å²) in [6.07, 6.45) is 0.986. The van der Waals surface area contributed by atoms with Gasteiger partial charge in [-0.05, 0) is 11.8 Å². The first-order valence-corrected chi connectivity index (χ1v) is 4.55. The van der Waals surface area contributed by atoms with E-state index in [9.17, 15) is 0 Å². The molecular weight excluding hydrogens is 150 g/mol. The fraction of sp³-hybridized carbons (Fsp3) is 0.700. The Balaban J connectivity index is 2.64. The van der Waals surface area contributed by atoms with Crippen molar-refractivity contribution in [2.45, 2.75) is 40.0 Å². The van der Waals surface area contributed by atoms with Gasteiger partial charge in [0.25, 0.3) is 0 Å². The molecule has 12 heavy (non-hydrogen) atoms. The second kappa shape index (κ2) is 3.74. The van der Waals surface area contributed by atoms with Gasteiger partial charge in [0.05, 0.1) is 5.69 Å². The van der Waals surface area contributed by atoms with E-state index in [-0.39, 0.29) is 0 Å². The Kier molecular flexibility index (Phi) is 2.90. The van der Waals surface area contributed by atoms with Gasteiger partial charge < -0.3 is 4.52 Å². The zero-order chi connectivity index (χ0) is 9.14. The predicted molar refractivity (Wildman–Crippen MR) is 49.1 cm³/mol. The highest BCUT2D eigenvalue weighted by Crippen LogP contribution is 2.16. The summed E-state index contributed by atoms with van der Waals surface area (Å²) in [6.45, 7) is 8.60. The molecule has 2 nitrogen and oxygen atoms in total. The van der Waals surface area contributed by atoms with Crippen LogP contribution < -0.4 is 0 Å². The van der Waals surface area contributed by atoms with Gasteiger partial charge >= 0.3 is 0 Å². The molecule has 0 aliphatic rings. The van der Waals surface area contributed by atoms with Gasteiger partial charge in [-0.3, -0.25) is 0 Å². The minimum Gasteiger partial charge on any atom is -0.361 e. The van der Waals surface area contributed by atoms with E-state index in [1.54, 1.807) is 0 Å². The van der Waals surface area contributed by atoms with Crippen LogP contribution in [0.5, 0.6) is 0 Å². The summed E-state index contributed by atoms with van der Waals surface area (Å²) in [4.78, 5) is 0. The zero-order valence-electron chi connectivity index (χ0n) is 8.29. The zero-order valence-corrected chi connectivity index (χ0v) is 8.29. The van der Waals surface area contributed by atoms with E-state index >= 15 is 0 Å². The lowest BCUT2D eigenvalue weighted by Gasteiger charge is -1.97. The average molecular weight is 167 g/mol. The summed E-state index contributed by atoms with van der Waals surface area (Å²) in [7, 11) is 0. The topological polar surface area (TPSA) is 26.0 Å². The van der Waals surface area contributed by atoms with E-state index < -0.39 is 0 Å². The minimum absolute atomic E-state index is 0.467. The number of hydrogen-bond acceptors (Lipinski definition) is 2. The van der Waals surface area contributed by atoms with Crippen LogP contribution >= 0.6 is 0 Å². The second-order valence-corrected chi connectivity index (χ2v) is 3.97. The molecular formula is C10H17NO. The van der Waals surface area contributed by atoms with Gasteiger partial charge in [0.1, 0.15) is 5.76 Å². The van der Waals surface area contributed by atoms with Crippen molar-refractivity contribution in [1.82, 2.24) is 5.16 Å². The highest BCUT2D eigenvalue weighted by atomic mass is 16.5. The van der Waals surface area contributed by atoms with Crippen molar-refractivity contribution in [2.24, 2.45) is 5.92 Å². The van der Waals surface area contributed by atoms with Gasteiger partial charge in [0.15, 0.2) is 0 Å². The monoisotopic (exact) mass is 167 g/mol. The summed E-state index contributed by atoms with van der Waals surface area (Å²) in [5.41, 5.74) is 1.06. The van der Waals surface area contributed by atoms with Crippen LogP contribution in [0.3, 0.4) is 0 Å². The lowest BCUT2D eigenvalue weighted by Crippen LogP contribution is -1.91.